The highest BCUT2D eigenvalue weighted by molar-refractivity contribution is 5.97. The van der Waals surface area contributed by atoms with Crippen LogP contribution in [0.2, 0.25) is 0 Å². The second-order valence-electron chi connectivity index (χ2n) is 6.53. The highest BCUT2D eigenvalue weighted by atomic mass is 16.5. The van der Waals surface area contributed by atoms with Gasteiger partial charge in [-0.3, -0.25) is 9.59 Å². The monoisotopic (exact) mass is 369 g/mol. The number of esters is 1. The molecule has 0 atom stereocenters. The predicted molar refractivity (Wildman–Crippen MR) is 102 cm³/mol. The lowest BCUT2D eigenvalue weighted by atomic mass is 9.96. The van der Waals surface area contributed by atoms with Crippen molar-refractivity contribution in [2.45, 2.75) is 32.6 Å². The van der Waals surface area contributed by atoms with Gasteiger partial charge in [0.2, 0.25) is 0 Å². The lowest BCUT2D eigenvalue weighted by molar-refractivity contribution is -0.150. The van der Waals surface area contributed by atoms with E-state index in [1.165, 1.54) is 11.8 Å². The van der Waals surface area contributed by atoms with Gasteiger partial charge in [-0.05, 0) is 38.2 Å². The van der Waals surface area contributed by atoms with E-state index in [0.717, 1.165) is 12.8 Å². The number of piperidine rings is 1. The van der Waals surface area contributed by atoms with E-state index < -0.39 is 0 Å². The van der Waals surface area contributed by atoms with Crippen LogP contribution >= 0.6 is 0 Å². The average Bonchev–Trinajstić information content (AvgIpc) is 2.71. The van der Waals surface area contributed by atoms with Crippen molar-refractivity contribution in [1.29, 1.82) is 5.26 Å². The summed E-state index contributed by atoms with van der Waals surface area (Å²) in [5, 5.41) is 12.4. The number of rotatable bonds is 8. The molecule has 0 spiro atoms. The first-order chi connectivity index (χ1) is 13.2. The largest absolute Gasteiger partial charge is 0.466 e. The molecule has 0 aromatic heterocycles. The van der Waals surface area contributed by atoms with Crippen LogP contribution in [0.1, 0.15) is 31.7 Å². The summed E-state index contributed by atoms with van der Waals surface area (Å²) < 4.78 is 5.04. The summed E-state index contributed by atoms with van der Waals surface area (Å²) in [5.41, 5.74) is 1.37. The Kier molecular flexibility index (Phi) is 8.37. The molecule has 1 fully saturated rings. The smallest absolute Gasteiger partial charge is 0.309 e. The summed E-state index contributed by atoms with van der Waals surface area (Å²) in [7, 11) is 0. The maximum Gasteiger partial charge on any atom is 0.309 e. The summed E-state index contributed by atoms with van der Waals surface area (Å²) >= 11 is 0. The summed E-state index contributed by atoms with van der Waals surface area (Å²) in [6.07, 6.45) is 4.52. The Labute approximate surface area is 160 Å². The molecule has 1 saturated heterocycles. The molecule has 0 radical (unpaired) electrons. The first-order valence-corrected chi connectivity index (χ1v) is 9.49. The molecule has 1 heterocycles. The van der Waals surface area contributed by atoms with Gasteiger partial charge in [0.1, 0.15) is 11.6 Å². The van der Waals surface area contributed by atoms with Gasteiger partial charge in [0.05, 0.1) is 12.5 Å². The number of nitrogens with zero attached hydrogens (tertiary/aromatic N) is 2. The molecule has 0 aliphatic carbocycles. The molecule has 1 aromatic carbocycles. The Hall–Kier alpha value is -2.81. The molecule has 1 aromatic rings. The number of hydrogen-bond acceptors (Lipinski definition) is 5. The molecule has 144 valence electrons. The maximum atomic E-state index is 12.5. The van der Waals surface area contributed by atoms with Crippen LogP contribution in [-0.4, -0.2) is 43.0 Å². The zero-order valence-corrected chi connectivity index (χ0v) is 15.8. The predicted octanol–water partition coefficient (Wildman–Crippen LogP) is 2.42. The number of benzene rings is 1. The summed E-state index contributed by atoms with van der Waals surface area (Å²) in [5.74, 6) is -0.629. The fraction of sp³-hybridized carbons (Fsp3) is 0.476. The van der Waals surface area contributed by atoms with Crippen molar-refractivity contribution in [2.75, 3.05) is 26.2 Å². The second kappa shape index (κ2) is 11.0. The highest BCUT2D eigenvalue weighted by Gasteiger charge is 2.29. The number of carbonyl (C=O) groups excluding carboxylic acids is 2. The molecule has 1 aliphatic rings. The topological polar surface area (TPSA) is 82.4 Å². The van der Waals surface area contributed by atoms with E-state index in [0.29, 0.717) is 39.1 Å². The lowest BCUT2D eigenvalue weighted by Gasteiger charge is -2.30. The van der Waals surface area contributed by atoms with E-state index in [1.807, 2.05) is 24.3 Å². The van der Waals surface area contributed by atoms with Crippen molar-refractivity contribution in [3.05, 3.63) is 47.7 Å². The molecule has 1 aliphatic heterocycles. The van der Waals surface area contributed by atoms with Crippen LogP contribution in [0.15, 0.2) is 42.1 Å². The third kappa shape index (κ3) is 6.45. The van der Waals surface area contributed by atoms with E-state index in [-0.39, 0.29) is 23.4 Å². The Balaban J connectivity index is 1.75. The number of carbonyl (C=O) groups is 2. The molecule has 0 unspecified atom stereocenters. The van der Waals surface area contributed by atoms with Crippen molar-refractivity contribution in [1.82, 2.24) is 10.2 Å². The minimum atomic E-state index is -0.282. The highest BCUT2D eigenvalue weighted by Crippen LogP contribution is 2.20. The van der Waals surface area contributed by atoms with Crippen molar-refractivity contribution < 1.29 is 14.3 Å². The van der Waals surface area contributed by atoms with Gasteiger partial charge < -0.3 is 15.0 Å². The molecule has 27 heavy (non-hydrogen) atoms. The number of ether oxygens (including phenoxy) is 1. The molecule has 6 nitrogen and oxygen atoms in total. The van der Waals surface area contributed by atoms with E-state index in [2.05, 4.69) is 17.4 Å². The van der Waals surface area contributed by atoms with Gasteiger partial charge in [-0.2, -0.15) is 5.26 Å². The van der Waals surface area contributed by atoms with E-state index >= 15 is 0 Å². The number of aryl methyl sites for hydroxylation is 1. The minimum absolute atomic E-state index is 0.101. The minimum Gasteiger partial charge on any atom is -0.466 e. The fourth-order valence-corrected chi connectivity index (χ4v) is 3.10. The standard InChI is InChI=1S/C21H27N3O3/c1-2-27-21(26)18-10-13-24(14-11-18)20(25)19(15-22)16-23-12-6-9-17-7-4-3-5-8-17/h3-5,7-8,16,18,23H,2,6,9-14H2,1H3/b19-16-. The maximum absolute atomic E-state index is 12.5. The van der Waals surface area contributed by atoms with Gasteiger partial charge in [0, 0.05) is 25.8 Å². The van der Waals surface area contributed by atoms with Crippen LogP contribution in [-0.2, 0) is 20.7 Å². The van der Waals surface area contributed by atoms with E-state index in [4.69, 9.17) is 4.74 Å². The van der Waals surface area contributed by atoms with E-state index in [1.54, 1.807) is 11.8 Å². The number of nitriles is 1. The zero-order valence-electron chi connectivity index (χ0n) is 15.8. The first-order valence-electron chi connectivity index (χ1n) is 9.49. The Morgan fingerprint density at radius 2 is 2.00 bits per heavy atom. The van der Waals surface area contributed by atoms with Gasteiger partial charge in [0.15, 0.2) is 0 Å². The molecule has 2 rings (SSSR count). The first kappa shape index (κ1) is 20.5. The Bertz CT molecular complexity index is 686. The van der Waals surface area contributed by atoms with Gasteiger partial charge >= 0.3 is 5.97 Å². The third-order valence-electron chi connectivity index (χ3n) is 4.63. The van der Waals surface area contributed by atoms with Crippen molar-refractivity contribution >= 4 is 11.9 Å². The molecular weight excluding hydrogens is 342 g/mol. The zero-order chi connectivity index (χ0) is 19.5. The van der Waals surface area contributed by atoms with Crippen LogP contribution in [0, 0.1) is 17.2 Å². The molecule has 1 amide bonds. The number of nitrogens with one attached hydrogen (secondary N) is 1. The number of likely N-dealkylation sites (tertiary alicyclic amines) is 1. The number of amides is 1. The second-order valence-corrected chi connectivity index (χ2v) is 6.53. The van der Waals surface area contributed by atoms with Crippen LogP contribution in [0.3, 0.4) is 0 Å². The molecule has 6 heteroatoms. The average molecular weight is 369 g/mol. The van der Waals surface area contributed by atoms with E-state index in [9.17, 15) is 14.9 Å². The van der Waals surface area contributed by atoms with Crippen molar-refractivity contribution in [3.8, 4) is 6.07 Å². The third-order valence-corrected chi connectivity index (χ3v) is 4.63. The SMILES string of the molecule is CCOC(=O)C1CCN(C(=O)/C(C#N)=C\NCCCc2ccccc2)CC1. The van der Waals surface area contributed by atoms with Crippen LogP contribution < -0.4 is 5.32 Å². The summed E-state index contributed by atoms with van der Waals surface area (Å²) in [6, 6.07) is 12.2. The van der Waals surface area contributed by atoms with Gasteiger partial charge in [0.25, 0.3) is 5.91 Å². The Morgan fingerprint density at radius 3 is 2.63 bits per heavy atom. The molecule has 0 bridgehead atoms. The Morgan fingerprint density at radius 1 is 1.30 bits per heavy atom. The fourth-order valence-electron chi connectivity index (χ4n) is 3.10. The number of hydrogen-bond donors (Lipinski definition) is 1. The quantitative estimate of drug-likeness (QED) is 0.329. The van der Waals surface area contributed by atoms with Gasteiger partial charge in [-0.1, -0.05) is 30.3 Å². The van der Waals surface area contributed by atoms with Gasteiger partial charge in [-0.15, -0.1) is 0 Å². The van der Waals surface area contributed by atoms with Crippen LogP contribution in [0.4, 0.5) is 0 Å². The van der Waals surface area contributed by atoms with Crippen LogP contribution in [0.5, 0.6) is 0 Å². The van der Waals surface area contributed by atoms with Gasteiger partial charge in [-0.25, -0.2) is 0 Å². The normalized spacial score (nSPS) is 15.1. The summed E-state index contributed by atoms with van der Waals surface area (Å²) in [6.45, 7) is 3.78. The molecule has 0 saturated carbocycles. The summed E-state index contributed by atoms with van der Waals surface area (Å²) in [4.78, 5) is 25.9. The van der Waals surface area contributed by atoms with Crippen molar-refractivity contribution in [2.24, 2.45) is 5.92 Å². The van der Waals surface area contributed by atoms with Crippen LogP contribution in [0.25, 0.3) is 0 Å². The van der Waals surface area contributed by atoms with Crippen molar-refractivity contribution in [3.63, 3.8) is 0 Å². The lowest BCUT2D eigenvalue weighted by Crippen LogP contribution is -2.41. The molecular formula is C21H27N3O3. The molecule has 1 N–H and O–H groups in total.